The normalized spacial score (nSPS) is 19.8. The van der Waals surface area contributed by atoms with Crippen LogP contribution in [0.5, 0.6) is 0 Å². The first kappa shape index (κ1) is 14.2. The minimum absolute atomic E-state index is 0.0412. The van der Waals surface area contributed by atoms with Gasteiger partial charge in [-0.2, -0.15) is 0 Å². The van der Waals surface area contributed by atoms with E-state index in [4.69, 9.17) is 0 Å². The first-order valence-electron chi connectivity index (χ1n) is 8.21. The molecule has 0 amide bonds. The van der Waals surface area contributed by atoms with Gasteiger partial charge in [0.05, 0.1) is 16.9 Å². The van der Waals surface area contributed by atoms with Crippen molar-refractivity contribution in [3.63, 3.8) is 0 Å². The second kappa shape index (κ2) is 5.59. The average molecular weight is 282 g/mol. The van der Waals surface area contributed by atoms with E-state index < -0.39 is 0 Å². The first-order valence-corrected chi connectivity index (χ1v) is 8.21. The van der Waals surface area contributed by atoms with Crippen LogP contribution in [0.2, 0.25) is 0 Å². The van der Waals surface area contributed by atoms with Gasteiger partial charge in [0.25, 0.3) is 0 Å². The fraction of sp³-hybridized carbons (Fsp3) is 0.474. The summed E-state index contributed by atoms with van der Waals surface area (Å²) in [6, 6.07) is 11.1. The summed E-state index contributed by atoms with van der Waals surface area (Å²) in [6.07, 6.45) is 8.62. The van der Waals surface area contributed by atoms with E-state index in [1.54, 1.807) is 0 Å². The van der Waals surface area contributed by atoms with Crippen LogP contribution in [-0.2, 0) is 5.54 Å². The Hall–Kier alpha value is -1.70. The molecule has 0 spiro atoms. The number of anilines is 1. The molecular formula is C19H26N2. The van der Waals surface area contributed by atoms with Gasteiger partial charge in [0.15, 0.2) is 0 Å². The van der Waals surface area contributed by atoms with E-state index in [-0.39, 0.29) is 5.54 Å². The highest BCUT2D eigenvalue weighted by Gasteiger charge is 2.33. The molecule has 1 unspecified atom stereocenters. The van der Waals surface area contributed by atoms with Crippen molar-refractivity contribution in [1.29, 1.82) is 0 Å². The van der Waals surface area contributed by atoms with Gasteiger partial charge in [0.1, 0.15) is 0 Å². The molecule has 1 aliphatic rings. The SMILES string of the molecule is CCCCCCC1(C)Nc2ccc(C)cc2-n2cccc21. The van der Waals surface area contributed by atoms with Crippen molar-refractivity contribution in [2.24, 2.45) is 0 Å². The van der Waals surface area contributed by atoms with E-state index in [0.29, 0.717) is 0 Å². The molecule has 0 fully saturated rings. The molecule has 1 N–H and O–H groups in total. The molecule has 2 aromatic rings. The molecule has 0 bridgehead atoms. The number of hydrogen-bond donors (Lipinski definition) is 1. The van der Waals surface area contributed by atoms with Crippen molar-refractivity contribution in [3.8, 4) is 5.69 Å². The largest absolute Gasteiger partial charge is 0.373 e. The number of hydrogen-bond acceptors (Lipinski definition) is 1. The smallest absolute Gasteiger partial charge is 0.0751 e. The summed E-state index contributed by atoms with van der Waals surface area (Å²) in [7, 11) is 0. The Labute approximate surface area is 128 Å². The van der Waals surface area contributed by atoms with Crippen LogP contribution in [0, 0.1) is 6.92 Å². The lowest BCUT2D eigenvalue weighted by atomic mass is 9.88. The number of benzene rings is 1. The van der Waals surface area contributed by atoms with Crippen LogP contribution in [0.25, 0.3) is 5.69 Å². The van der Waals surface area contributed by atoms with Gasteiger partial charge in [-0.05, 0) is 50.1 Å². The van der Waals surface area contributed by atoms with Gasteiger partial charge < -0.3 is 9.88 Å². The fourth-order valence-corrected chi connectivity index (χ4v) is 3.44. The Morgan fingerprint density at radius 2 is 2.00 bits per heavy atom. The molecule has 0 radical (unpaired) electrons. The number of nitrogens with zero attached hydrogens (tertiary/aromatic N) is 1. The zero-order valence-electron chi connectivity index (χ0n) is 13.4. The van der Waals surface area contributed by atoms with Crippen molar-refractivity contribution in [2.75, 3.05) is 5.32 Å². The van der Waals surface area contributed by atoms with Crippen LogP contribution in [-0.4, -0.2) is 4.57 Å². The molecule has 1 atom stereocenters. The predicted molar refractivity (Wildman–Crippen MR) is 90.2 cm³/mol. The molecule has 0 saturated carbocycles. The highest BCUT2D eigenvalue weighted by atomic mass is 15.1. The molecular weight excluding hydrogens is 256 g/mol. The average Bonchev–Trinajstić information content (AvgIpc) is 2.96. The minimum atomic E-state index is 0.0412. The van der Waals surface area contributed by atoms with Crippen molar-refractivity contribution >= 4 is 5.69 Å². The molecule has 0 saturated heterocycles. The molecule has 2 nitrogen and oxygen atoms in total. The van der Waals surface area contributed by atoms with Gasteiger partial charge in [-0.3, -0.25) is 0 Å². The van der Waals surface area contributed by atoms with Gasteiger partial charge in [-0.25, -0.2) is 0 Å². The predicted octanol–water partition coefficient (Wildman–Crippen LogP) is 5.40. The van der Waals surface area contributed by atoms with Gasteiger partial charge in [-0.1, -0.05) is 38.7 Å². The number of rotatable bonds is 5. The van der Waals surface area contributed by atoms with Crippen molar-refractivity contribution in [3.05, 3.63) is 47.8 Å². The lowest BCUT2D eigenvalue weighted by Crippen LogP contribution is -2.37. The summed E-state index contributed by atoms with van der Waals surface area (Å²) >= 11 is 0. The van der Waals surface area contributed by atoms with Crippen molar-refractivity contribution in [1.82, 2.24) is 4.57 Å². The molecule has 1 aromatic carbocycles. The highest BCUT2D eigenvalue weighted by molar-refractivity contribution is 5.67. The lowest BCUT2D eigenvalue weighted by molar-refractivity contribution is 0.435. The lowest BCUT2D eigenvalue weighted by Gasteiger charge is -2.38. The quantitative estimate of drug-likeness (QED) is 0.727. The van der Waals surface area contributed by atoms with E-state index in [1.807, 2.05) is 0 Å². The minimum Gasteiger partial charge on any atom is -0.373 e. The molecule has 1 aromatic heterocycles. The molecule has 1 aliphatic heterocycles. The van der Waals surface area contributed by atoms with E-state index in [0.717, 1.165) is 0 Å². The van der Waals surface area contributed by atoms with Crippen LogP contribution in [0.1, 0.15) is 57.2 Å². The van der Waals surface area contributed by atoms with Gasteiger partial charge in [-0.15, -0.1) is 0 Å². The molecule has 0 aliphatic carbocycles. The van der Waals surface area contributed by atoms with E-state index in [1.165, 1.54) is 54.7 Å². The Morgan fingerprint density at radius 3 is 2.81 bits per heavy atom. The van der Waals surface area contributed by atoms with Crippen LogP contribution < -0.4 is 5.32 Å². The van der Waals surface area contributed by atoms with Crippen LogP contribution in [0.3, 0.4) is 0 Å². The number of fused-ring (bicyclic) bond motifs is 3. The third-order valence-corrected chi connectivity index (χ3v) is 4.67. The number of unbranched alkanes of at least 4 members (excludes halogenated alkanes) is 3. The summed E-state index contributed by atoms with van der Waals surface area (Å²) in [5, 5.41) is 3.80. The van der Waals surface area contributed by atoms with Crippen LogP contribution >= 0.6 is 0 Å². The molecule has 3 rings (SSSR count). The third-order valence-electron chi connectivity index (χ3n) is 4.67. The molecule has 2 heteroatoms. The first-order chi connectivity index (χ1) is 10.1. The standard InChI is InChI=1S/C19H26N2/c1-4-5-6-7-12-19(3)18-9-8-13-21(18)17-14-15(2)10-11-16(17)20-19/h8-11,13-14,20H,4-7,12H2,1-3H3. The summed E-state index contributed by atoms with van der Waals surface area (Å²) in [5.41, 5.74) is 5.27. The molecule has 2 heterocycles. The van der Waals surface area contributed by atoms with Crippen LogP contribution in [0.4, 0.5) is 5.69 Å². The van der Waals surface area contributed by atoms with Crippen molar-refractivity contribution in [2.45, 2.75) is 58.4 Å². The van der Waals surface area contributed by atoms with Gasteiger partial charge >= 0.3 is 0 Å². The topological polar surface area (TPSA) is 17.0 Å². The Morgan fingerprint density at radius 1 is 1.14 bits per heavy atom. The van der Waals surface area contributed by atoms with Crippen molar-refractivity contribution < 1.29 is 0 Å². The zero-order chi connectivity index (χ0) is 14.9. The molecule has 112 valence electrons. The third kappa shape index (κ3) is 2.59. The Bertz CT molecular complexity index is 626. The maximum atomic E-state index is 3.80. The van der Waals surface area contributed by atoms with E-state index >= 15 is 0 Å². The van der Waals surface area contributed by atoms with E-state index in [9.17, 15) is 0 Å². The monoisotopic (exact) mass is 282 g/mol. The maximum Gasteiger partial charge on any atom is 0.0751 e. The number of nitrogens with one attached hydrogen (secondary N) is 1. The summed E-state index contributed by atoms with van der Waals surface area (Å²) in [6.45, 7) is 6.76. The Balaban J connectivity index is 1.91. The summed E-state index contributed by atoms with van der Waals surface area (Å²) in [5.74, 6) is 0. The second-order valence-corrected chi connectivity index (χ2v) is 6.55. The van der Waals surface area contributed by atoms with Crippen LogP contribution in [0.15, 0.2) is 36.5 Å². The van der Waals surface area contributed by atoms with E-state index in [2.05, 4.69) is 67.2 Å². The maximum absolute atomic E-state index is 3.80. The van der Waals surface area contributed by atoms with Gasteiger partial charge in [0.2, 0.25) is 0 Å². The fourth-order valence-electron chi connectivity index (χ4n) is 3.44. The second-order valence-electron chi connectivity index (χ2n) is 6.55. The highest BCUT2D eigenvalue weighted by Crippen LogP contribution is 2.40. The number of aryl methyl sites for hydroxylation is 1. The summed E-state index contributed by atoms with van der Waals surface area (Å²) in [4.78, 5) is 0. The number of aromatic nitrogens is 1. The molecule has 21 heavy (non-hydrogen) atoms. The van der Waals surface area contributed by atoms with Gasteiger partial charge in [0, 0.05) is 11.9 Å². The Kier molecular flexibility index (Phi) is 3.79. The summed E-state index contributed by atoms with van der Waals surface area (Å²) < 4.78 is 2.36. The zero-order valence-corrected chi connectivity index (χ0v) is 13.4.